The van der Waals surface area contributed by atoms with Crippen LogP contribution in [0.2, 0.25) is 5.02 Å². The zero-order chi connectivity index (χ0) is 17.6. The molecule has 1 N–H and O–H groups in total. The molecular formula is C17H20ClNO4S. The molecule has 0 saturated carbocycles. The monoisotopic (exact) mass is 369 g/mol. The van der Waals surface area contributed by atoms with Crippen LogP contribution in [-0.4, -0.2) is 28.2 Å². The Morgan fingerprint density at radius 2 is 1.79 bits per heavy atom. The summed E-state index contributed by atoms with van der Waals surface area (Å²) in [5, 5.41) is 0.534. The molecule has 0 saturated heterocycles. The predicted molar refractivity (Wildman–Crippen MR) is 94.5 cm³/mol. The maximum atomic E-state index is 12.2. The highest BCUT2D eigenvalue weighted by Crippen LogP contribution is 2.20. The van der Waals surface area contributed by atoms with Crippen molar-refractivity contribution in [3.8, 4) is 11.5 Å². The Balaban J connectivity index is 1.89. The first-order chi connectivity index (χ1) is 11.4. The molecule has 0 aliphatic heterocycles. The Hall–Kier alpha value is -1.76. The molecule has 0 aliphatic rings. The minimum absolute atomic E-state index is 0.156. The summed E-state index contributed by atoms with van der Waals surface area (Å²) in [6, 6.07) is 11.8. The molecule has 0 spiro atoms. The Kier molecular flexibility index (Phi) is 6.48. The second-order valence-electron chi connectivity index (χ2n) is 5.07. The van der Waals surface area contributed by atoms with Gasteiger partial charge < -0.3 is 9.47 Å². The second kappa shape index (κ2) is 8.37. The quantitative estimate of drug-likeness (QED) is 0.724. The number of hydrogen-bond acceptors (Lipinski definition) is 4. The molecule has 5 nitrogen and oxygen atoms in total. The topological polar surface area (TPSA) is 64.6 Å². The van der Waals surface area contributed by atoms with Crippen LogP contribution in [0.5, 0.6) is 11.5 Å². The van der Waals surface area contributed by atoms with Crippen LogP contribution in [0.15, 0.2) is 47.4 Å². The Bertz CT molecular complexity index is 793. The summed E-state index contributed by atoms with van der Waals surface area (Å²) in [7, 11) is -3.58. The molecule has 130 valence electrons. The van der Waals surface area contributed by atoms with E-state index in [4.69, 9.17) is 21.1 Å². The highest BCUT2D eigenvalue weighted by Gasteiger charge is 2.14. The summed E-state index contributed by atoms with van der Waals surface area (Å²) >= 11 is 5.92. The van der Waals surface area contributed by atoms with Crippen molar-refractivity contribution in [3.05, 3.63) is 53.1 Å². The van der Waals surface area contributed by atoms with E-state index in [0.717, 1.165) is 0 Å². The Morgan fingerprint density at radius 3 is 2.46 bits per heavy atom. The highest BCUT2D eigenvalue weighted by atomic mass is 35.5. The van der Waals surface area contributed by atoms with Crippen molar-refractivity contribution in [2.45, 2.75) is 18.7 Å². The maximum Gasteiger partial charge on any atom is 0.240 e. The van der Waals surface area contributed by atoms with Gasteiger partial charge in [-0.3, -0.25) is 0 Å². The van der Waals surface area contributed by atoms with Crippen LogP contribution in [0.25, 0.3) is 0 Å². The van der Waals surface area contributed by atoms with E-state index >= 15 is 0 Å². The van der Waals surface area contributed by atoms with Gasteiger partial charge >= 0.3 is 0 Å². The SMILES string of the molecule is CCOc1cccc(OCCNS(=O)(=O)c2ccc(Cl)c(C)c2)c1. The number of benzene rings is 2. The van der Waals surface area contributed by atoms with E-state index < -0.39 is 10.0 Å². The van der Waals surface area contributed by atoms with Crippen LogP contribution in [0.4, 0.5) is 0 Å². The summed E-state index contributed by atoms with van der Waals surface area (Å²) in [5.74, 6) is 1.34. The standard InChI is InChI=1S/C17H20ClNO4S/c1-3-22-14-5-4-6-15(12-14)23-10-9-19-24(20,21)16-7-8-17(18)13(2)11-16/h4-8,11-12,19H,3,9-10H2,1-2H3. The van der Waals surface area contributed by atoms with Gasteiger partial charge in [0.05, 0.1) is 11.5 Å². The van der Waals surface area contributed by atoms with Crippen molar-refractivity contribution >= 4 is 21.6 Å². The van der Waals surface area contributed by atoms with Crippen LogP contribution in [0.3, 0.4) is 0 Å². The molecule has 7 heteroatoms. The number of sulfonamides is 1. The van der Waals surface area contributed by atoms with E-state index in [0.29, 0.717) is 28.7 Å². The van der Waals surface area contributed by atoms with Crippen molar-refractivity contribution in [3.63, 3.8) is 0 Å². The van der Waals surface area contributed by atoms with E-state index in [1.807, 2.05) is 19.1 Å². The molecule has 0 unspecified atom stereocenters. The number of aryl methyl sites for hydroxylation is 1. The van der Waals surface area contributed by atoms with Crippen molar-refractivity contribution in [2.24, 2.45) is 0 Å². The molecule has 0 bridgehead atoms. The van der Waals surface area contributed by atoms with Crippen molar-refractivity contribution < 1.29 is 17.9 Å². The van der Waals surface area contributed by atoms with E-state index in [9.17, 15) is 8.42 Å². The molecule has 0 amide bonds. The van der Waals surface area contributed by atoms with Gasteiger partial charge in [0, 0.05) is 17.6 Å². The fourth-order valence-electron chi connectivity index (χ4n) is 2.03. The van der Waals surface area contributed by atoms with Crippen molar-refractivity contribution in [1.82, 2.24) is 4.72 Å². The van der Waals surface area contributed by atoms with Gasteiger partial charge in [0.2, 0.25) is 10.0 Å². The van der Waals surface area contributed by atoms with Gasteiger partial charge in [-0.1, -0.05) is 17.7 Å². The van der Waals surface area contributed by atoms with Gasteiger partial charge in [0.15, 0.2) is 0 Å². The van der Waals surface area contributed by atoms with Crippen LogP contribution in [0.1, 0.15) is 12.5 Å². The number of hydrogen-bond donors (Lipinski definition) is 1. The second-order valence-corrected chi connectivity index (χ2v) is 7.24. The Labute approximate surface area is 147 Å². The lowest BCUT2D eigenvalue weighted by Gasteiger charge is -2.10. The molecule has 0 aliphatic carbocycles. The number of halogens is 1. The van der Waals surface area contributed by atoms with E-state index in [2.05, 4.69) is 4.72 Å². The summed E-state index contributed by atoms with van der Waals surface area (Å²) in [6.45, 7) is 4.60. The normalized spacial score (nSPS) is 11.3. The molecule has 0 heterocycles. The third-order valence-electron chi connectivity index (χ3n) is 3.22. The van der Waals surface area contributed by atoms with E-state index in [1.54, 1.807) is 25.1 Å². The molecule has 2 aromatic carbocycles. The summed E-state index contributed by atoms with van der Waals surface area (Å²) in [4.78, 5) is 0.183. The summed E-state index contributed by atoms with van der Waals surface area (Å²) < 4.78 is 37.9. The van der Waals surface area contributed by atoms with Gasteiger partial charge in [-0.05, 0) is 49.7 Å². The van der Waals surface area contributed by atoms with Crippen molar-refractivity contribution in [2.75, 3.05) is 19.8 Å². The molecular weight excluding hydrogens is 350 g/mol. The molecule has 2 aromatic rings. The Morgan fingerprint density at radius 1 is 1.08 bits per heavy atom. The number of rotatable bonds is 8. The lowest BCUT2D eigenvalue weighted by Crippen LogP contribution is -2.28. The van der Waals surface area contributed by atoms with Gasteiger partial charge in [0.25, 0.3) is 0 Å². The third kappa shape index (κ3) is 5.12. The first-order valence-corrected chi connectivity index (χ1v) is 9.40. The first kappa shape index (κ1) is 18.6. The van der Waals surface area contributed by atoms with Crippen LogP contribution >= 0.6 is 11.6 Å². The van der Waals surface area contributed by atoms with E-state index in [-0.39, 0.29) is 18.0 Å². The maximum absolute atomic E-state index is 12.2. The molecule has 0 radical (unpaired) electrons. The number of nitrogens with one attached hydrogen (secondary N) is 1. The fourth-order valence-corrected chi connectivity index (χ4v) is 3.25. The van der Waals surface area contributed by atoms with Crippen LogP contribution in [-0.2, 0) is 10.0 Å². The molecule has 0 fully saturated rings. The average Bonchev–Trinajstić information content (AvgIpc) is 2.55. The molecule has 0 aromatic heterocycles. The van der Waals surface area contributed by atoms with Crippen molar-refractivity contribution in [1.29, 1.82) is 0 Å². The lowest BCUT2D eigenvalue weighted by molar-refractivity contribution is 0.313. The minimum atomic E-state index is -3.58. The van der Waals surface area contributed by atoms with E-state index in [1.165, 1.54) is 12.1 Å². The predicted octanol–water partition coefficient (Wildman–Crippen LogP) is 3.40. The van der Waals surface area contributed by atoms with Gasteiger partial charge in [-0.25, -0.2) is 13.1 Å². The third-order valence-corrected chi connectivity index (χ3v) is 5.10. The van der Waals surface area contributed by atoms with Gasteiger partial charge in [-0.15, -0.1) is 0 Å². The summed E-state index contributed by atoms with van der Waals surface area (Å²) in [5.41, 5.74) is 0.712. The zero-order valence-corrected chi connectivity index (χ0v) is 15.2. The van der Waals surface area contributed by atoms with Crippen LogP contribution < -0.4 is 14.2 Å². The van der Waals surface area contributed by atoms with Gasteiger partial charge in [-0.2, -0.15) is 0 Å². The smallest absolute Gasteiger partial charge is 0.240 e. The molecule has 0 atom stereocenters. The largest absolute Gasteiger partial charge is 0.494 e. The molecule has 24 heavy (non-hydrogen) atoms. The lowest BCUT2D eigenvalue weighted by atomic mass is 10.2. The zero-order valence-electron chi connectivity index (χ0n) is 13.6. The summed E-state index contributed by atoms with van der Waals surface area (Å²) in [6.07, 6.45) is 0. The number of ether oxygens (including phenoxy) is 2. The minimum Gasteiger partial charge on any atom is -0.494 e. The molecule has 2 rings (SSSR count). The first-order valence-electron chi connectivity index (χ1n) is 7.54. The fraction of sp³-hybridized carbons (Fsp3) is 0.294. The van der Waals surface area contributed by atoms with Crippen LogP contribution in [0, 0.1) is 6.92 Å². The average molecular weight is 370 g/mol. The highest BCUT2D eigenvalue weighted by molar-refractivity contribution is 7.89. The van der Waals surface area contributed by atoms with Gasteiger partial charge in [0.1, 0.15) is 18.1 Å².